The van der Waals surface area contributed by atoms with Crippen molar-refractivity contribution in [2.24, 2.45) is 0 Å². The molecule has 2 fully saturated rings. The van der Waals surface area contributed by atoms with Crippen LogP contribution in [0.3, 0.4) is 0 Å². The molecule has 0 N–H and O–H groups in total. The lowest BCUT2D eigenvalue weighted by atomic mass is 9.93. The molecule has 1 heterocycles. The Balaban J connectivity index is 0.000000312. The molecule has 2 rings (SSSR count). The number of nitrogens with zero attached hydrogens (tertiary/aromatic N) is 1. The molecule has 1 saturated carbocycles. The van der Waals surface area contributed by atoms with Crippen LogP contribution in [0.5, 0.6) is 0 Å². The molecule has 19 heavy (non-hydrogen) atoms. The van der Waals surface area contributed by atoms with Crippen LogP contribution in [0.2, 0.25) is 0 Å². The van der Waals surface area contributed by atoms with Crippen molar-refractivity contribution in [3.8, 4) is 0 Å². The summed E-state index contributed by atoms with van der Waals surface area (Å²) < 4.78 is 35.3. The van der Waals surface area contributed by atoms with Gasteiger partial charge in [-0.25, -0.2) is 18.6 Å². The summed E-state index contributed by atoms with van der Waals surface area (Å²) in [6, 6.07) is 0.935. The number of thioether (sulfide) groups is 1. The lowest BCUT2D eigenvalue weighted by Crippen LogP contribution is -2.68. The van der Waals surface area contributed by atoms with Gasteiger partial charge >= 0.3 is 0 Å². The van der Waals surface area contributed by atoms with Crippen LogP contribution < -0.4 is 18.6 Å². The van der Waals surface area contributed by atoms with E-state index < -0.39 is 10.2 Å². The third-order valence-corrected chi connectivity index (χ3v) is 5.94. The van der Waals surface area contributed by atoms with Gasteiger partial charge in [-0.3, -0.25) is 0 Å². The first-order valence-corrected chi connectivity index (χ1v) is 9.20. The van der Waals surface area contributed by atoms with Crippen molar-refractivity contribution in [1.82, 2.24) is 0 Å². The summed E-state index contributed by atoms with van der Waals surface area (Å²) in [4.78, 5) is 0. The predicted molar refractivity (Wildman–Crippen MR) is 64.9 cm³/mol. The molecule has 0 aromatic carbocycles. The Hall–Kier alpha value is 0.730. The third kappa shape index (κ3) is 6.82. The van der Waals surface area contributed by atoms with E-state index in [0.717, 1.165) is 11.9 Å². The Morgan fingerprint density at radius 2 is 1.68 bits per heavy atom. The fourth-order valence-electron chi connectivity index (χ4n) is 2.90. The van der Waals surface area contributed by atoms with Crippen LogP contribution in [-0.4, -0.2) is 41.1 Å². The van der Waals surface area contributed by atoms with E-state index in [1.54, 1.807) is 0 Å². The molecule has 0 amide bonds. The SMILES string of the molecule is C[N+]1(C2CCCCC2)CSC(CCl)C1.[O-][Cl+3]([O-])([O-])[O-]. The van der Waals surface area contributed by atoms with Gasteiger partial charge in [0.15, 0.2) is 0 Å². The molecule has 2 atom stereocenters. The van der Waals surface area contributed by atoms with Gasteiger partial charge in [-0.15, -0.1) is 21.8 Å². The van der Waals surface area contributed by atoms with Crippen LogP contribution in [0, 0.1) is 10.2 Å². The molecular formula is C11H21Cl2NO4S. The van der Waals surface area contributed by atoms with Crippen molar-refractivity contribution in [2.75, 3.05) is 25.3 Å². The van der Waals surface area contributed by atoms with Crippen LogP contribution in [0.1, 0.15) is 32.1 Å². The van der Waals surface area contributed by atoms with Gasteiger partial charge in [-0.1, -0.05) is 18.2 Å². The van der Waals surface area contributed by atoms with E-state index in [2.05, 4.69) is 18.8 Å². The molecule has 0 spiro atoms. The second kappa shape index (κ2) is 7.66. The fourth-order valence-corrected chi connectivity index (χ4v) is 4.67. The topological polar surface area (TPSA) is 92.2 Å². The lowest BCUT2D eigenvalue weighted by Gasteiger charge is -2.39. The smallest absolute Gasteiger partial charge is 0.126 e. The highest BCUT2D eigenvalue weighted by atomic mass is 35.7. The summed E-state index contributed by atoms with van der Waals surface area (Å²) in [6.45, 7) is 1.30. The minimum Gasteiger partial charge on any atom is -0.314 e. The first kappa shape index (κ1) is 17.8. The molecule has 1 aliphatic heterocycles. The van der Waals surface area contributed by atoms with E-state index in [1.165, 1.54) is 49.0 Å². The molecule has 1 aliphatic carbocycles. The quantitative estimate of drug-likeness (QED) is 0.444. The van der Waals surface area contributed by atoms with E-state index >= 15 is 0 Å². The minimum atomic E-state index is -4.94. The molecule has 2 unspecified atom stereocenters. The highest BCUT2D eigenvalue weighted by Crippen LogP contribution is 2.36. The maximum atomic E-state index is 8.49. The Bertz CT molecular complexity index is 268. The lowest BCUT2D eigenvalue weighted by molar-refractivity contribution is -2.00. The molecule has 0 radical (unpaired) electrons. The van der Waals surface area contributed by atoms with Gasteiger partial charge in [0.25, 0.3) is 0 Å². The molecule has 0 bridgehead atoms. The summed E-state index contributed by atoms with van der Waals surface area (Å²) in [5.74, 6) is 2.13. The Morgan fingerprint density at radius 3 is 2.11 bits per heavy atom. The van der Waals surface area contributed by atoms with Crippen molar-refractivity contribution in [2.45, 2.75) is 43.4 Å². The third-order valence-electron chi connectivity index (χ3n) is 3.85. The number of hydrogen-bond acceptors (Lipinski definition) is 5. The summed E-state index contributed by atoms with van der Waals surface area (Å²) in [5.41, 5.74) is 0. The summed E-state index contributed by atoms with van der Waals surface area (Å²) in [6.07, 6.45) is 7.27. The summed E-state index contributed by atoms with van der Waals surface area (Å²) >= 11 is 8.03. The van der Waals surface area contributed by atoms with Gasteiger partial charge < -0.3 is 4.48 Å². The second-order valence-electron chi connectivity index (χ2n) is 5.40. The zero-order valence-electron chi connectivity index (χ0n) is 11.1. The van der Waals surface area contributed by atoms with Crippen molar-refractivity contribution in [3.63, 3.8) is 0 Å². The van der Waals surface area contributed by atoms with Gasteiger partial charge in [-0.2, -0.15) is 0 Å². The highest BCUT2D eigenvalue weighted by Gasteiger charge is 2.41. The minimum absolute atomic E-state index is 0.712. The molecule has 0 aromatic heterocycles. The van der Waals surface area contributed by atoms with E-state index in [1.807, 2.05) is 0 Å². The molecule has 1 saturated heterocycles. The zero-order valence-corrected chi connectivity index (χ0v) is 13.4. The Morgan fingerprint density at radius 1 is 1.16 bits per heavy atom. The van der Waals surface area contributed by atoms with Gasteiger partial charge in [0.05, 0.1) is 24.9 Å². The van der Waals surface area contributed by atoms with E-state index in [-0.39, 0.29) is 0 Å². The number of halogens is 2. The number of quaternary nitrogens is 1. The van der Waals surface area contributed by atoms with E-state index in [0.29, 0.717) is 5.25 Å². The summed E-state index contributed by atoms with van der Waals surface area (Å²) in [7, 11) is -2.50. The molecular weight excluding hydrogens is 313 g/mol. The summed E-state index contributed by atoms with van der Waals surface area (Å²) in [5, 5.41) is 0.712. The maximum absolute atomic E-state index is 8.49. The average Bonchev–Trinajstić information content (AvgIpc) is 2.72. The highest BCUT2D eigenvalue weighted by molar-refractivity contribution is 8.00. The van der Waals surface area contributed by atoms with Crippen molar-refractivity contribution in [3.05, 3.63) is 0 Å². The van der Waals surface area contributed by atoms with Crippen molar-refractivity contribution in [1.29, 1.82) is 0 Å². The molecule has 114 valence electrons. The van der Waals surface area contributed by atoms with E-state index in [9.17, 15) is 0 Å². The van der Waals surface area contributed by atoms with Crippen LogP contribution in [0.15, 0.2) is 0 Å². The van der Waals surface area contributed by atoms with E-state index in [4.69, 9.17) is 30.2 Å². The van der Waals surface area contributed by atoms with Crippen LogP contribution >= 0.6 is 23.4 Å². The van der Waals surface area contributed by atoms with Gasteiger partial charge in [-0.05, 0) is 25.7 Å². The fraction of sp³-hybridized carbons (Fsp3) is 1.00. The first-order valence-electron chi connectivity index (χ1n) is 6.38. The largest absolute Gasteiger partial charge is 0.314 e. The average molecular weight is 334 g/mol. The maximum Gasteiger partial charge on any atom is 0.126 e. The standard InChI is InChI=1S/C11H21ClNS.ClHO4/c1-13(8-11(7-12)14-9-13)10-5-3-2-4-6-10;2-1(3,4)5/h10-11H,2-9H2,1H3;(H,2,3,4,5)/q+1;/p-1. The molecule has 8 heteroatoms. The second-order valence-corrected chi connectivity index (χ2v) is 7.73. The van der Waals surface area contributed by atoms with Crippen LogP contribution in [-0.2, 0) is 0 Å². The van der Waals surface area contributed by atoms with Gasteiger partial charge in [0.1, 0.15) is 5.88 Å². The molecule has 2 aliphatic rings. The first-order chi connectivity index (χ1) is 8.74. The Kier molecular flexibility index (Phi) is 7.17. The van der Waals surface area contributed by atoms with Crippen LogP contribution in [0.4, 0.5) is 0 Å². The molecule has 5 nitrogen and oxygen atoms in total. The number of hydrogen-bond donors (Lipinski definition) is 0. The van der Waals surface area contributed by atoms with Crippen molar-refractivity contribution >= 4 is 23.4 Å². The van der Waals surface area contributed by atoms with Crippen molar-refractivity contribution < 1.29 is 33.4 Å². The molecule has 0 aromatic rings. The Labute approximate surface area is 125 Å². The number of alkyl halides is 1. The zero-order chi connectivity index (χ0) is 14.5. The van der Waals surface area contributed by atoms with Gasteiger partial charge in [0, 0.05) is 5.88 Å². The predicted octanol–water partition coefficient (Wildman–Crippen LogP) is -1.68. The monoisotopic (exact) mass is 333 g/mol. The number of rotatable bonds is 2. The normalized spacial score (nSPS) is 32.8. The van der Waals surface area contributed by atoms with Gasteiger partial charge in [0.2, 0.25) is 0 Å². The van der Waals surface area contributed by atoms with Crippen LogP contribution in [0.25, 0.3) is 0 Å².